The van der Waals surface area contributed by atoms with Crippen LogP contribution in [-0.4, -0.2) is 42.7 Å². The van der Waals surface area contributed by atoms with E-state index >= 15 is 0 Å². The van der Waals surface area contributed by atoms with E-state index in [0.29, 0.717) is 30.3 Å². The van der Waals surface area contributed by atoms with Crippen molar-refractivity contribution in [3.8, 4) is 0 Å². The van der Waals surface area contributed by atoms with E-state index in [1.807, 2.05) is 49.4 Å². The van der Waals surface area contributed by atoms with E-state index < -0.39 is 10.0 Å². The molecule has 0 atom stereocenters. The molecule has 1 amide bonds. The summed E-state index contributed by atoms with van der Waals surface area (Å²) in [4.78, 5) is 15.2. The van der Waals surface area contributed by atoms with E-state index in [0.717, 1.165) is 24.2 Å². The number of carbonyl (C=O) groups excluding carboxylic acids is 1. The normalized spacial score (nSPS) is 13.9. The molecule has 1 aromatic heterocycles. The van der Waals surface area contributed by atoms with Crippen LogP contribution in [0.3, 0.4) is 0 Å². The third kappa shape index (κ3) is 6.05. The van der Waals surface area contributed by atoms with Crippen molar-refractivity contribution in [2.45, 2.75) is 43.7 Å². The molecule has 1 heterocycles. The molecule has 33 heavy (non-hydrogen) atoms. The second kappa shape index (κ2) is 10.1. The fourth-order valence-electron chi connectivity index (χ4n) is 3.71. The number of carbonyl (C=O) groups is 1. The van der Waals surface area contributed by atoms with Crippen LogP contribution in [0.25, 0.3) is 0 Å². The smallest absolute Gasteiger partial charge is 0.243 e. The lowest BCUT2D eigenvalue weighted by Crippen LogP contribution is -2.44. The first-order valence-electron chi connectivity index (χ1n) is 11.0. The first kappa shape index (κ1) is 23.5. The van der Waals surface area contributed by atoms with Gasteiger partial charge in [0, 0.05) is 17.6 Å². The fraction of sp³-hybridized carbons (Fsp3) is 0.320. The Morgan fingerprint density at radius 3 is 2.33 bits per heavy atom. The molecule has 0 N–H and O–H groups in total. The molecule has 0 unspecified atom stereocenters. The number of nitrogens with zero attached hydrogens (tertiary/aromatic N) is 2. The maximum Gasteiger partial charge on any atom is 0.243 e. The molecule has 0 aliphatic heterocycles. The number of rotatable bonds is 10. The first-order valence-corrected chi connectivity index (χ1v) is 12.8. The molecule has 3 aromatic rings. The summed E-state index contributed by atoms with van der Waals surface area (Å²) in [5.41, 5.74) is 1.11. The molecule has 1 fully saturated rings. The Morgan fingerprint density at radius 2 is 1.73 bits per heavy atom. The molecule has 1 aliphatic carbocycles. The van der Waals surface area contributed by atoms with Crippen molar-refractivity contribution in [1.82, 2.24) is 9.21 Å². The highest BCUT2D eigenvalue weighted by molar-refractivity contribution is 7.89. The molecule has 174 valence electrons. The molecule has 0 radical (unpaired) electrons. The van der Waals surface area contributed by atoms with Crippen molar-refractivity contribution in [3.63, 3.8) is 0 Å². The SMILES string of the molecule is Cc1ccc(CN(CCc2ccccc2)C(=O)CN(C2CC2)S(=O)(=O)c2ccc(Cl)cc2)o1. The Bertz CT molecular complexity index is 1190. The standard InChI is InChI=1S/C25H27ClN2O4S/c1-19-7-12-23(32-19)17-27(16-15-20-5-3-2-4-6-20)25(29)18-28(22-10-11-22)33(30,31)24-13-8-21(26)9-14-24/h2-9,12-14,22H,10-11,15-18H2,1H3. The average molecular weight is 487 g/mol. The maximum absolute atomic E-state index is 13.4. The zero-order chi connectivity index (χ0) is 23.4. The van der Waals surface area contributed by atoms with Crippen LogP contribution in [0.5, 0.6) is 0 Å². The van der Waals surface area contributed by atoms with E-state index in [1.165, 1.54) is 16.4 Å². The molecular weight excluding hydrogens is 460 g/mol. The number of amides is 1. The minimum atomic E-state index is -3.82. The van der Waals surface area contributed by atoms with Gasteiger partial charge in [-0.2, -0.15) is 4.31 Å². The lowest BCUT2D eigenvalue weighted by Gasteiger charge is -2.27. The molecule has 4 rings (SSSR count). The van der Waals surface area contributed by atoms with Gasteiger partial charge in [0.2, 0.25) is 15.9 Å². The van der Waals surface area contributed by atoms with Gasteiger partial charge in [0.1, 0.15) is 11.5 Å². The molecule has 0 bridgehead atoms. The monoisotopic (exact) mass is 486 g/mol. The van der Waals surface area contributed by atoms with Crippen LogP contribution in [-0.2, 0) is 27.8 Å². The number of sulfonamides is 1. The first-order chi connectivity index (χ1) is 15.8. The number of benzene rings is 2. The Morgan fingerprint density at radius 1 is 1.03 bits per heavy atom. The van der Waals surface area contributed by atoms with Crippen LogP contribution in [0.1, 0.15) is 29.9 Å². The minimum absolute atomic E-state index is 0.143. The van der Waals surface area contributed by atoms with Gasteiger partial charge in [-0.15, -0.1) is 0 Å². The van der Waals surface area contributed by atoms with Crippen molar-refractivity contribution in [2.75, 3.05) is 13.1 Å². The topological polar surface area (TPSA) is 70.8 Å². The second-order valence-electron chi connectivity index (χ2n) is 8.30. The summed E-state index contributed by atoms with van der Waals surface area (Å²) in [7, 11) is -3.82. The van der Waals surface area contributed by atoms with E-state index in [-0.39, 0.29) is 23.4 Å². The Kier molecular flexibility index (Phi) is 7.22. The number of hydrogen-bond acceptors (Lipinski definition) is 4. The van der Waals surface area contributed by atoms with Crippen molar-refractivity contribution < 1.29 is 17.6 Å². The molecule has 0 saturated heterocycles. The average Bonchev–Trinajstić information content (AvgIpc) is 3.56. The van der Waals surface area contributed by atoms with E-state index in [4.69, 9.17) is 16.0 Å². The Balaban J connectivity index is 1.53. The zero-order valence-corrected chi connectivity index (χ0v) is 20.1. The quantitative estimate of drug-likeness (QED) is 0.417. The minimum Gasteiger partial charge on any atom is -0.464 e. The van der Waals surface area contributed by atoms with Crippen LogP contribution in [0.15, 0.2) is 76.0 Å². The van der Waals surface area contributed by atoms with Crippen molar-refractivity contribution >= 4 is 27.5 Å². The maximum atomic E-state index is 13.4. The summed E-state index contributed by atoms with van der Waals surface area (Å²) < 4.78 is 33.7. The van der Waals surface area contributed by atoms with Crippen molar-refractivity contribution in [2.24, 2.45) is 0 Å². The molecule has 8 heteroatoms. The van der Waals surface area contributed by atoms with Gasteiger partial charge in [0.25, 0.3) is 0 Å². The molecule has 6 nitrogen and oxygen atoms in total. The van der Waals surface area contributed by atoms with E-state index in [9.17, 15) is 13.2 Å². The number of halogens is 1. The third-order valence-corrected chi connectivity index (χ3v) is 7.84. The second-order valence-corrected chi connectivity index (χ2v) is 10.6. The van der Waals surface area contributed by atoms with Gasteiger partial charge in [0.15, 0.2) is 0 Å². The zero-order valence-electron chi connectivity index (χ0n) is 18.5. The molecular formula is C25H27ClN2O4S. The summed E-state index contributed by atoms with van der Waals surface area (Å²) in [6.07, 6.45) is 2.17. The van der Waals surface area contributed by atoms with Crippen LogP contribution >= 0.6 is 11.6 Å². The van der Waals surface area contributed by atoms with Gasteiger partial charge >= 0.3 is 0 Å². The molecule has 1 saturated carbocycles. The largest absolute Gasteiger partial charge is 0.464 e. The summed E-state index contributed by atoms with van der Waals surface area (Å²) in [6, 6.07) is 19.5. The van der Waals surface area contributed by atoms with Crippen molar-refractivity contribution in [3.05, 3.63) is 88.8 Å². The summed E-state index contributed by atoms with van der Waals surface area (Å²) >= 11 is 5.93. The van der Waals surface area contributed by atoms with E-state index in [2.05, 4.69) is 0 Å². The van der Waals surface area contributed by atoms with Crippen LogP contribution in [0, 0.1) is 6.92 Å². The highest BCUT2D eigenvalue weighted by Gasteiger charge is 2.40. The highest BCUT2D eigenvalue weighted by Crippen LogP contribution is 2.32. The summed E-state index contributed by atoms with van der Waals surface area (Å²) in [5, 5.41) is 0.462. The third-order valence-electron chi connectivity index (χ3n) is 5.67. The fourth-order valence-corrected chi connectivity index (χ4v) is 5.47. The van der Waals surface area contributed by atoms with Gasteiger partial charge in [-0.05, 0) is 68.1 Å². The van der Waals surface area contributed by atoms with E-state index in [1.54, 1.807) is 17.0 Å². The van der Waals surface area contributed by atoms with Gasteiger partial charge in [-0.3, -0.25) is 4.79 Å². The van der Waals surface area contributed by atoms with Gasteiger partial charge in [-0.25, -0.2) is 8.42 Å². The highest BCUT2D eigenvalue weighted by atomic mass is 35.5. The van der Waals surface area contributed by atoms with Crippen LogP contribution in [0.2, 0.25) is 5.02 Å². The number of hydrogen-bond donors (Lipinski definition) is 0. The van der Waals surface area contributed by atoms with Gasteiger partial charge in [-0.1, -0.05) is 41.9 Å². The Labute approximate surface area is 199 Å². The molecule has 1 aliphatic rings. The molecule has 0 spiro atoms. The summed E-state index contributed by atoms with van der Waals surface area (Å²) in [5.74, 6) is 1.20. The lowest BCUT2D eigenvalue weighted by atomic mass is 10.1. The van der Waals surface area contributed by atoms with Crippen LogP contribution in [0.4, 0.5) is 0 Å². The van der Waals surface area contributed by atoms with Gasteiger partial charge < -0.3 is 9.32 Å². The summed E-state index contributed by atoms with van der Waals surface area (Å²) in [6.45, 7) is 2.40. The Hall–Kier alpha value is -2.61. The number of furan rings is 1. The molecule has 2 aromatic carbocycles. The lowest BCUT2D eigenvalue weighted by molar-refractivity contribution is -0.132. The van der Waals surface area contributed by atoms with Crippen LogP contribution < -0.4 is 0 Å². The number of aryl methyl sites for hydroxylation is 1. The predicted molar refractivity (Wildman–Crippen MR) is 127 cm³/mol. The predicted octanol–water partition coefficient (Wildman–Crippen LogP) is 4.67. The van der Waals surface area contributed by atoms with Crippen molar-refractivity contribution in [1.29, 1.82) is 0 Å². The van der Waals surface area contributed by atoms with Gasteiger partial charge in [0.05, 0.1) is 18.0 Å².